The van der Waals surface area contributed by atoms with Crippen LogP contribution in [0.15, 0.2) is 12.2 Å². The van der Waals surface area contributed by atoms with E-state index < -0.39 is 0 Å². The molecule has 0 aliphatic rings. The van der Waals surface area contributed by atoms with Crippen molar-refractivity contribution >= 4 is 11.8 Å². The van der Waals surface area contributed by atoms with Gasteiger partial charge in [0.25, 0.3) is 0 Å². The van der Waals surface area contributed by atoms with Crippen molar-refractivity contribution in [2.24, 2.45) is 0 Å². The van der Waals surface area contributed by atoms with E-state index in [4.69, 9.17) is 0 Å². The van der Waals surface area contributed by atoms with Gasteiger partial charge in [0.05, 0.1) is 0 Å². The van der Waals surface area contributed by atoms with E-state index in [9.17, 15) is 0 Å². The van der Waals surface area contributed by atoms with E-state index in [0.717, 1.165) is 12.3 Å². The molecule has 2 heteroatoms. The van der Waals surface area contributed by atoms with Crippen LogP contribution in [0.5, 0.6) is 0 Å². The highest BCUT2D eigenvalue weighted by Crippen LogP contribution is 2.06. The van der Waals surface area contributed by atoms with E-state index >= 15 is 0 Å². The van der Waals surface area contributed by atoms with E-state index in [-0.39, 0.29) is 0 Å². The lowest BCUT2D eigenvalue weighted by atomic mass is 10.3. The smallest absolute Gasteiger partial charge is 0.0167 e. The van der Waals surface area contributed by atoms with E-state index in [0.29, 0.717) is 0 Å². The first-order chi connectivity index (χ1) is 4.81. The summed E-state index contributed by atoms with van der Waals surface area (Å²) in [6.45, 7) is 7.09. The summed E-state index contributed by atoms with van der Waals surface area (Å²) in [7, 11) is 1.95. The van der Waals surface area contributed by atoms with Gasteiger partial charge in [0.1, 0.15) is 0 Å². The van der Waals surface area contributed by atoms with E-state index in [1.807, 2.05) is 18.8 Å². The SMILES string of the molecule is C=C(CNC)CSCCC. The highest BCUT2D eigenvalue weighted by atomic mass is 32.2. The number of hydrogen-bond donors (Lipinski definition) is 1. The van der Waals surface area contributed by atoms with Crippen LogP contribution in [0.1, 0.15) is 13.3 Å². The maximum Gasteiger partial charge on any atom is 0.0167 e. The average Bonchev–Trinajstić information content (AvgIpc) is 1.89. The molecule has 0 saturated carbocycles. The van der Waals surface area contributed by atoms with Crippen molar-refractivity contribution < 1.29 is 0 Å². The summed E-state index contributed by atoms with van der Waals surface area (Å²) >= 11 is 1.96. The number of thioether (sulfide) groups is 1. The molecule has 0 bridgehead atoms. The van der Waals surface area contributed by atoms with Crippen molar-refractivity contribution in [3.05, 3.63) is 12.2 Å². The molecular formula is C8H17NS. The standard InChI is InChI=1S/C8H17NS/c1-4-5-10-7-8(2)6-9-3/h9H,2,4-7H2,1,3H3. The Bertz CT molecular complexity index is 91.3. The second-order valence-corrected chi connectivity index (χ2v) is 3.44. The van der Waals surface area contributed by atoms with Gasteiger partial charge in [-0.05, 0) is 19.2 Å². The zero-order chi connectivity index (χ0) is 7.82. The van der Waals surface area contributed by atoms with E-state index in [1.54, 1.807) is 0 Å². The summed E-state index contributed by atoms with van der Waals surface area (Å²) in [4.78, 5) is 0. The first kappa shape index (κ1) is 10.0. The zero-order valence-corrected chi connectivity index (χ0v) is 7.76. The largest absolute Gasteiger partial charge is 0.316 e. The van der Waals surface area contributed by atoms with Crippen LogP contribution < -0.4 is 5.32 Å². The van der Waals surface area contributed by atoms with Crippen molar-refractivity contribution in [2.75, 3.05) is 25.1 Å². The Morgan fingerprint density at radius 3 is 2.80 bits per heavy atom. The molecule has 0 unspecified atom stereocenters. The van der Waals surface area contributed by atoms with Crippen LogP contribution in [0.2, 0.25) is 0 Å². The van der Waals surface area contributed by atoms with E-state index in [2.05, 4.69) is 18.8 Å². The molecule has 10 heavy (non-hydrogen) atoms. The van der Waals surface area contributed by atoms with Crippen LogP contribution in [0.25, 0.3) is 0 Å². The summed E-state index contributed by atoms with van der Waals surface area (Å²) < 4.78 is 0. The van der Waals surface area contributed by atoms with Crippen LogP contribution in [0, 0.1) is 0 Å². The molecule has 60 valence electrons. The highest BCUT2D eigenvalue weighted by molar-refractivity contribution is 7.99. The van der Waals surface area contributed by atoms with Crippen molar-refractivity contribution in [1.29, 1.82) is 0 Å². The lowest BCUT2D eigenvalue weighted by Crippen LogP contribution is -2.10. The molecule has 0 fully saturated rings. The summed E-state index contributed by atoms with van der Waals surface area (Å²) in [6, 6.07) is 0. The number of nitrogens with one attached hydrogen (secondary N) is 1. The van der Waals surface area contributed by atoms with Crippen molar-refractivity contribution in [1.82, 2.24) is 5.32 Å². The van der Waals surface area contributed by atoms with Gasteiger partial charge >= 0.3 is 0 Å². The van der Waals surface area contributed by atoms with E-state index in [1.165, 1.54) is 17.7 Å². The lowest BCUT2D eigenvalue weighted by molar-refractivity contribution is 0.885. The van der Waals surface area contributed by atoms with Crippen LogP contribution in [-0.2, 0) is 0 Å². The lowest BCUT2D eigenvalue weighted by Gasteiger charge is -2.02. The molecule has 0 aliphatic heterocycles. The molecular weight excluding hydrogens is 142 g/mol. The fraction of sp³-hybridized carbons (Fsp3) is 0.750. The molecule has 0 aromatic rings. The summed E-state index contributed by atoms with van der Waals surface area (Å²) in [5.74, 6) is 2.36. The van der Waals surface area contributed by atoms with Crippen LogP contribution in [-0.4, -0.2) is 25.1 Å². The van der Waals surface area contributed by atoms with Crippen LogP contribution in [0.4, 0.5) is 0 Å². The van der Waals surface area contributed by atoms with Gasteiger partial charge < -0.3 is 5.32 Å². The molecule has 0 amide bonds. The predicted molar refractivity (Wildman–Crippen MR) is 50.7 cm³/mol. The van der Waals surface area contributed by atoms with Crippen LogP contribution in [0.3, 0.4) is 0 Å². The molecule has 0 saturated heterocycles. The second-order valence-electron chi connectivity index (χ2n) is 2.33. The molecule has 0 aliphatic carbocycles. The molecule has 1 N–H and O–H groups in total. The molecule has 0 atom stereocenters. The number of likely N-dealkylation sites (N-methyl/N-ethyl adjacent to an activating group) is 1. The Hall–Kier alpha value is 0.0500. The van der Waals surface area contributed by atoms with Gasteiger partial charge in [0.15, 0.2) is 0 Å². The fourth-order valence-corrected chi connectivity index (χ4v) is 1.49. The fourth-order valence-electron chi connectivity index (χ4n) is 0.662. The third kappa shape index (κ3) is 6.17. The maximum absolute atomic E-state index is 3.93. The minimum absolute atomic E-state index is 0.955. The zero-order valence-electron chi connectivity index (χ0n) is 6.94. The van der Waals surface area contributed by atoms with Crippen LogP contribution >= 0.6 is 11.8 Å². The molecule has 0 heterocycles. The number of hydrogen-bond acceptors (Lipinski definition) is 2. The minimum Gasteiger partial charge on any atom is -0.316 e. The second kappa shape index (κ2) is 7.16. The van der Waals surface area contributed by atoms with Crippen molar-refractivity contribution in [3.8, 4) is 0 Å². The summed E-state index contributed by atoms with van der Waals surface area (Å²) in [5.41, 5.74) is 1.29. The summed E-state index contributed by atoms with van der Waals surface area (Å²) in [5, 5.41) is 3.08. The molecule has 0 radical (unpaired) electrons. The third-order valence-corrected chi connectivity index (χ3v) is 2.39. The number of rotatable bonds is 6. The molecule has 0 spiro atoms. The Morgan fingerprint density at radius 1 is 1.60 bits per heavy atom. The molecule has 1 nitrogen and oxygen atoms in total. The highest BCUT2D eigenvalue weighted by Gasteiger charge is 1.91. The Balaban J connectivity index is 3.05. The normalized spacial score (nSPS) is 9.80. The van der Waals surface area contributed by atoms with Crippen molar-refractivity contribution in [2.45, 2.75) is 13.3 Å². The Labute approximate surface area is 68.3 Å². The molecule has 0 aromatic carbocycles. The first-order valence-corrected chi connectivity index (χ1v) is 4.85. The minimum atomic E-state index is 0.955. The third-order valence-electron chi connectivity index (χ3n) is 1.08. The summed E-state index contributed by atoms with van der Waals surface area (Å²) in [6.07, 6.45) is 1.26. The topological polar surface area (TPSA) is 12.0 Å². The maximum atomic E-state index is 3.93. The van der Waals surface area contributed by atoms with Gasteiger partial charge in [-0.2, -0.15) is 11.8 Å². The quantitative estimate of drug-likeness (QED) is 0.469. The van der Waals surface area contributed by atoms with Gasteiger partial charge in [0, 0.05) is 12.3 Å². The molecule has 0 rings (SSSR count). The van der Waals surface area contributed by atoms with Crippen molar-refractivity contribution in [3.63, 3.8) is 0 Å². The predicted octanol–water partition coefficient (Wildman–Crippen LogP) is 1.91. The Kier molecular flexibility index (Phi) is 7.20. The van der Waals surface area contributed by atoms with Gasteiger partial charge in [-0.3, -0.25) is 0 Å². The van der Waals surface area contributed by atoms with Gasteiger partial charge in [-0.15, -0.1) is 0 Å². The van der Waals surface area contributed by atoms with Gasteiger partial charge in [0.2, 0.25) is 0 Å². The monoisotopic (exact) mass is 159 g/mol. The average molecular weight is 159 g/mol. The van der Waals surface area contributed by atoms with Gasteiger partial charge in [-0.25, -0.2) is 0 Å². The first-order valence-electron chi connectivity index (χ1n) is 3.70. The molecule has 0 aromatic heterocycles. The Morgan fingerprint density at radius 2 is 2.30 bits per heavy atom. The van der Waals surface area contributed by atoms with Gasteiger partial charge in [-0.1, -0.05) is 19.1 Å².